The number of benzene rings is 2. The number of phosphoric acid groups is 1. The molecule has 3 aromatic rings. The van der Waals surface area contributed by atoms with Crippen LogP contribution in [0.1, 0.15) is 61.5 Å². The first-order valence-electron chi connectivity index (χ1n) is 10.5. The molecule has 0 radical (unpaired) electrons. The molecule has 1 N–H and O–H groups in total. The summed E-state index contributed by atoms with van der Waals surface area (Å²) in [5.41, 5.74) is 3.83. The van der Waals surface area contributed by atoms with E-state index in [2.05, 4.69) is 0 Å². The van der Waals surface area contributed by atoms with Crippen LogP contribution in [0.3, 0.4) is 0 Å². The van der Waals surface area contributed by atoms with Crippen molar-refractivity contribution in [2.75, 3.05) is 20.3 Å². The Morgan fingerprint density at radius 1 is 1.03 bits per heavy atom. The Bertz CT molecular complexity index is 1340. The molecule has 1 aromatic heterocycles. The van der Waals surface area contributed by atoms with Crippen molar-refractivity contribution in [2.24, 2.45) is 0 Å². The molecular formula is C24H22NO7P. The van der Waals surface area contributed by atoms with Crippen molar-refractivity contribution in [3.8, 4) is 5.75 Å². The lowest BCUT2D eigenvalue weighted by Gasteiger charge is -2.27. The van der Waals surface area contributed by atoms with Crippen LogP contribution in [0.25, 0.3) is 0 Å². The van der Waals surface area contributed by atoms with E-state index in [1.54, 1.807) is 6.20 Å². The number of rotatable bonds is 6. The van der Waals surface area contributed by atoms with E-state index < -0.39 is 13.6 Å². The summed E-state index contributed by atoms with van der Waals surface area (Å²) in [5.74, 6) is -0.966. The van der Waals surface area contributed by atoms with Gasteiger partial charge in [0.05, 0.1) is 29.9 Å². The minimum atomic E-state index is -4.53. The first-order valence-corrected chi connectivity index (χ1v) is 12.0. The second kappa shape index (κ2) is 8.08. The van der Waals surface area contributed by atoms with Gasteiger partial charge in [-0.1, -0.05) is 43.3 Å². The topological polar surface area (TPSA) is 104 Å². The summed E-state index contributed by atoms with van der Waals surface area (Å²) in [5, 5.41) is 0. The molecule has 0 saturated carbocycles. The molecule has 5 rings (SSSR count). The third-order valence-electron chi connectivity index (χ3n) is 6.12. The second-order valence-corrected chi connectivity index (χ2v) is 9.45. The van der Waals surface area contributed by atoms with Gasteiger partial charge in [0.15, 0.2) is 11.6 Å². The fourth-order valence-electron chi connectivity index (χ4n) is 4.70. The van der Waals surface area contributed by atoms with Gasteiger partial charge >= 0.3 is 7.82 Å². The van der Waals surface area contributed by atoms with E-state index in [4.69, 9.17) is 13.8 Å². The lowest BCUT2D eigenvalue weighted by atomic mass is 9.81. The van der Waals surface area contributed by atoms with Crippen molar-refractivity contribution in [3.05, 3.63) is 87.7 Å². The molecule has 2 heterocycles. The number of hydrogen-bond acceptors (Lipinski definition) is 6. The fraction of sp³-hybridized carbons (Fsp3) is 0.250. The Labute approximate surface area is 190 Å². The van der Waals surface area contributed by atoms with Crippen molar-refractivity contribution < 1.29 is 32.8 Å². The summed E-state index contributed by atoms with van der Waals surface area (Å²) in [6.45, 7) is 2.51. The van der Waals surface area contributed by atoms with Gasteiger partial charge in [-0.25, -0.2) is 4.57 Å². The maximum Gasteiger partial charge on any atom is 0.527 e. The average Bonchev–Trinajstić information content (AvgIpc) is 3.17. The van der Waals surface area contributed by atoms with Crippen molar-refractivity contribution in [2.45, 2.75) is 19.4 Å². The Balaban J connectivity index is 1.56. The van der Waals surface area contributed by atoms with Crippen LogP contribution in [-0.2, 0) is 20.4 Å². The van der Waals surface area contributed by atoms with Crippen LogP contribution in [0.2, 0.25) is 0 Å². The average molecular weight is 467 g/mol. The van der Waals surface area contributed by atoms with Gasteiger partial charge in [0, 0.05) is 37.0 Å². The number of hydrogen-bond donors (Lipinski definition) is 1. The van der Waals surface area contributed by atoms with Crippen molar-refractivity contribution in [3.63, 3.8) is 0 Å². The van der Waals surface area contributed by atoms with Crippen LogP contribution in [0, 0.1) is 0 Å². The Kier molecular flexibility index (Phi) is 5.34. The van der Waals surface area contributed by atoms with Gasteiger partial charge in [-0.2, -0.15) is 0 Å². The zero-order chi connectivity index (χ0) is 23.3. The maximum absolute atomic E-state index is 13.6. The summed E-state index contributed by atoms with van der Waals surface area (Å²) in [4.78, 5) is 37.2. The van der Waals surface area contributed by atoms with E-state index in [0.29, 0.717) is 12.1 Å². The molecule has 0 bridgehead atoms. The van der Waals surface area contributed by atoms with Gasteiger partial charge in [0.2, 0.25) is 0 Å². The Morgan fingerprint density at radius 2 is 1.79 bits per heavy atom. The zero-order valence-electron chi connectivity index (χ0n) is 18.1. The molecule has 0 saturated heterocycles. The highest BCUT2D eigenvalue weighted by Gasteiger charge is 2.40. The minimum Gasteiger partial charge on any atom is -0.403 e. The normalized spacial score (nSPS) is 18.1. The van der Waals surface area contributed by atoms with E-state index in [9.17, 15) is 19.0 Å². The first-order chi connectivity index (χ1) is 15.8. The van der Waals surface area contributed by atoms with Crippen LogP contribution < -0.4 is 4.52 Å². The highest BCUT2D eigenvalue weighted by Crippen LogP contribution is 2.47. The van der Waals surface area contributed by atoms with Gasteiger partial charge in [-0.05, 0) is 17.2 Å². The molecule has 2 aromatic carbocycles. The molecule has 2 aliphatic rings. The fourth-order valence-corrected chi connectivity index (χ4v) is 5.46. The van der Waals surface area contributed by atoms with E-state index in [1.165, 1.54) is 25.3 Å². The van der Waals surface area contributed by atoms with Crippen LogP contribution in [-0.4, -0.2) is 41.4 Å². The smallest absolute Gasteiger partial charge is 0.403 e. The predicted octanol–water partition coefficient (Wildman–Crippen LogP) is 3.92. The van der Waals surface area contributed by atoms with Gasteiger partial charge in [0.25, 0.3) is 0 Å². The number of nitrogens with zero attached hydrogens (tertiary/aromatic N) is 1. The summed E-state index contributed by atoms with van der Waals surface area (Å²) in [7, 11) is -3.10. The SMILES string of the molecule is COCCOP(=O)(O)Oc1cccc2c1C(=O)c1cn3c(c1C2=O)C(C)c1ccccc1C3. The lowest BCUT2D eigenvalue weighted by molar-refractivity contribution is 0.0975. The van der Waals surface area contributed by atoms with Crippen LogP contribution in [0.4, 0.5) is 0 Å². The molecular weight excluding hydrogens is 445 g/mol. The summed E-state index contributed by atoms with van der Waals surface area (Å²) >= 11 is 0. The molecule has 1 aliphatic carbocycles. The molecule has 33 heavy (non-hydrogen) atoms. The van der Waals surface area contributed by atoms with Crippen molar-refractivity contribution in [1.82, 2.24) is 4.57 Å². The predicted molar refractivity (Wildman–Crippen MR) is 119 cm³/mol. The third-order valence-corrected chi connectivity index (χ3v) is 7.05. The van der Waals surface area contributed by atoms with E-state index >= 15 is 0 Å². The van der Waals surface area contributed by atoms with Gasteiger partial charge in [-0.3, -0.25) is 19.0 Å². The number of carbonyl (C=O) groups is 2. The van der Waals surface area contributed by atoms with Gasteiger partial charge < -0.3 is 13.8 Å². The molecule has 8 nitrogen and oxygen atoms in total. The van der Waals surface area contributed by atoms with E-state index in [1.807, 2.05) is 35.8 Å². The molecule has 2 unspecified atom stereocenters. The number of ether oxygens (including phenoxy) is 1. The molecule has 2 atom stereocenters. The molecule has 0 spiro atoms. The van der Waals surface area contributed by atoms with Gasteiger partial charge in [-0.15, -0.1) is 0 Å². The highest BCUT2D eigenvalue weighted by molar-refractivity contribution is 7.47. The number of carbonyl (C=O) groups excluding carboxylic acids is 2. The second-order valence-electron chi connectivity index (χ2n) is 8.07. The van der Waals surface area contributed by atoms with Crippen molar-refractivity contribution >= 4 is 19.4 Å². The maximum atomic E-state index is 13.6. The molecule has 1 aliphatic heterocycles. The Hall–Kier alpha value is -3.03. The number of methoxy groups -OCH3 is 1. The highest BCUT2D eigenvalue weighted by atomic mass is 31.2. The summed E-state index contributed by atoms with van der Waals surface area (Å²) in [6.07, 6.45) is 1.70. The quantitative estimate of drug-likeness (QED) is 0.339. The number of fused-ring (bicyclic) bond motifs is 5. The number of ketones is 2. The standard InChI is InChI=1S/C24H22NO7P/c1-14-16-7-4-3-6-15(16)12-25-13-18-21(22(14)25)23(26)17-8-5-9-19(20(17)24(18)27)32-33(28,29)31-11-10-30-2/h3-9,13-14H,10-12H2,1-2H3,(H,28,29). The van der Waals surface area contributed by atoms with Crippen LogP contribution in [0.5, 0.6) is 5.75 Å². The van der Waals surface area contributed by atoms with Crippen LogP contribution >= 0.6 is 7.82 Å². The third kappa shape index (κ3) is 3.56. The zero-order valence-corrected chi connectivity index (χ0v) is 19.0. The van der Waals surface area contributed by atoms with E-state index in [0.717, 1.165) is 16.8 Å². The largest absolute Gasteiger partial charge is 0.527 e. The lowest BCUT2D eigenvalue weighted by Crippen LogP contribution is -2.23. The summed E-state index contributed by atoms with van der Waals surface area (Å²) < 4.78 is 29.2. The van der Waals surface area contributed by atoms with Crippen molar-refractivity contribution in [1.29, 1.82) is 0 Å². The first kappa shape index (κ1) is 21.8. The number of phosphoric ester groups is 1. The monoisotopic (exact) mass is 467 g/mol. The van der Waals surface area contributed by atoms with E-state index in [-0.39, 0.29) is 47.4 Å². The summed E-state index contributed by atoms with van der Waals surface area (Å²) in [6, 6.07) is 12.4. The van der Waals surface area contributed by atoms with Crippen LogP contribution in [0.15, 0.2) is 48.7 Å². The molecule has 170 valence electrons. The Morgan fingerprint density at radius 3 is 2.58 bits per heavy atom. The molecule has 0 amide bonds. The molecule has 0 fully saturated rings. The number of aromatic nitrogens is 1. The molecule has 9 heteroatoms. The minimum absolute atomic E-state index is 0.0345. The van der Waals surface area contributed by atoms with Gasteiger partial charge in [0.1, 0.15) is 5.75 Å².